The third-order valence-electron chi connectivity index (χ3n) is 3.93. The SMILES string of the molecule is COC(=O)/C=C(C)\C=C\[C@]1(O)C(C)=C[C@@H](O)CC1(C)C. The quantitative estimate of drug-likeness (QED) is 0.360. The Morgan fingerprint density at radius 2 is 2.10 bits per heavy atom. The van der Waals surface area contributed by atoms with E-state index in [1.807, 2.05) is 13.8 Å². The molecule has 1 aliphatic carbocycles. The number of ether oxygens (including phenoxy) is 1. The standard InChI is InChI=1S/C16H24O4/c1-11(8-14(18)20-5)6-7-16(19)12(2)9-13(17)10-15(16,3)4/h6-9,13,17,19H,10H2,1-5H3/b7-6+,11-8-/t13-,16+/m1/s1. The van der Waals surface area contributed by atoms with Crippen molar-refractivity contribution in [1.82, 2.24) is 0 Å². The first-order chi connectivity index (χ1) is 9.12. The maximum absolute atomic E-state index is 11.1. The molecule has 0 fully saturated rings. The molecule has 0 aliphatic heterocycles. The minimum absolute atomic E-state index is 0.426. The molecule has 1 aliphatic rings. The topological polar surface area (TPSA) is 66.8 Å². The van der Waals surface area contributed by atoms with Gasteiger partial charge in [-0.3, -0.25) is 0 Å². The number of methoxy groups -OCH3 is 1. The summed E-state index contributed by atoms with van der Waals surface area (Å²) in [6, 6.07) is 0. The highest BCUT2D eigenvalue weighted by molar-refractivity contribution is 5.83. The van der Waals surface area contributed by atoms with Crippen LogP contribution in [0.1, 0.15) is 34.1 Å². The first-order valence-electron chi connectivity index (χ1n) is 6.67. The molecule has 2 N–H and O–H groups in total. The van der Waals surface area contributed by atoms with Crippen LogP contribution in [-0.2, 0) is 9.53 Å². The van der Waals surface area contributed by atoms with Crippen LogP contribution in [0.25, 0.3) is 0 Å². The van der Waals surface area contributed by atoms with Crippen LogP contribution in [0.15, 0.2) is 35.5 Å². The van der Waals surface area contributed by atoms with Crippen molar-refractivity contribution in [2.24, 2.45) is 5.41 Å². The lowest BCUT2D eigenvalue weighted by molar-refractivity contribution is -0.134. The van der Waals surface area contributed by atoms with Crippen LogP contribution >= 0.6 is 0 Å². The molecule has 0 aromatic rings. The van der Waals surface area contributed by atoms with Crippen LogP contribution in [0.5, 0.6) is 0 Å². The molecule has 20 heavy (non-hydrogen) atoms. The average molecular weight is 280 g/mol. The van der Waals surface area contributed by atoms with E-state index in [1.54, 1.807) is 32.1 Å². The Labute approximate surface area is 120 Å². The Balaban J connectivity index is 3.07. The fourth-order valence-electron chi connectivity index (χ4n) is 2.59. The number of aliphatic hydroxyl groups is 2. The highest BCUT2D eigenvalue weighted by atomic mass is 16.5. The van der Waals surface area contributed by atoms with E-state index in [0.717, 1.165) is 0 Å². The van der Waals surface area contributed by atoms with Crippen molar-refractivity contribution in [2.75, 3.05) is 7.11 Å². The summed E-state index contributed by atoms with van der Waals surface area (Å²) in [5.74, 6) is -0.426. The summed E-state index contributed by atoms with van der Waals surface area (Å²) in [6.45, 7) is 7.39. The average Bonchev–Trinajstić information content (AvgIpc) is 2.32. The van der Waals surface area contributed by atoms with Crippen LogP contribution in [0, 0.1) is 5.41 Å². The molecular weight excluding hydrogens is 256 g/mol. The molecule has 0 bridgehead atoms. The number of hydrogen-bond acceptors (Lipinski definition) is 4. The molecule has 0 spiro atoms. The molecular formula is C16H24O4. The number of allylic oxidation sites excluding steroid dienone is 2. The number of esters is 1. The van der Waals surface area contributed by atoms with Crippen LogP contribution in [0.4, 0.5) is 0 Å². The first kappa shape index (κ1) is 16.7. The lowest BCUT2D eigenvalue weighted by Gasteiger charge is -2.46. The number of rotatable bonds is 3. The van der Waals surface area contributed by atoms with Crippen LogP contribution in [0.2, 0.25) is 0 Å². The molecule has 0 unspecified atom stereocenters. The van der Waals surface area contributed by atoms with Crippen molar-refractivity contribution in [3.63, 3.8) is 0 Å². The van der Waals surface area contributed by atoms with E-state index >= 15 is 0 Å². The summed E-state index contributed by atoms with van der Waals surface area (Å²) < 4.78 is 4.56. The lowest BCUT2D eigenvalue weighted by Crippen LogP contribution is -2.48. The van der Waals surface area contributed by atoms with Gasteiger partial charge in [0.1, 0.15) is 5.60 Å². The zero-order valence-corrected chi connectivity index (χ0v) is 12.8. The summed E-state index contributed by atoms with van der Waals surface area (Å²) in [5.41, 5.74) is -0.228. The summed E-state index contributed by atoms with van der Waals surface area (Å²) >= 11 is 0. The fourth-order valence-corrected chi connectivity index (χ4v) is 2.59. The minimum atomic E-state index is -1.14. The molecule has 0 saturated heterocycles. The lowest BCUT2D eigenvalue weighted by atomic mass is 9.64. The van der Waals surface area contributed by atoms with Crippen LogP contribution in [0.3, 0.4) is 0 Å². The molecule has 0 radical (unpaired) electrons. The van der Waals surface area contributed by atoms with Gasteiger partial charge in [0.05, 0.1) is 13.2 Å². The normalized spacial score (nSPS) is 30.2. The molecule has 0 heterocycles. The van der Waals surface area contributed by atoms with Crippen LogP contribution in [-0.4, -0.2) is 35.0 Å². The highest BCUT2D eigenvalue weighted by Gasteiger charge is 2.46. The van der Waals surface area contributed by atoms with Gasteiger partial charge in [0.15, 0.2) is 0 Å². The van der Waals surface area contributed by atoms with E-state index in [0.29, 0.717) is 17.6 Å². The summed E-state index contributed by atoms with van der Waals surface area (Å²) in [4.78, 5) is 11.1. The van der Waals surface area contributed by atoms with Gasteiger partial charge in [-0.15, -0.1) is 0 Å². The Morgan fingerprint density at radius 1 is 1.50 bits per heavy atom. The third kappa shape index (κ3) is 3.38. The Hall–Kier alpha value is -1.39. The predicted molar refractivity (Wildman–Crippen MR) is 78.0 cm³/mol. The molecule has 1 rings (SSSR count). The van der Waals surface area contributed by atoms with Gasteiger partial charge in [-0.1, -0.05) is 26.0 Å². The van der Waals surface area contributed by atoms with E-state index in [-0.39, 0.29) is 0 Å². The van der Waals surface area contributed by atoms with Gasteiger partial charge < -0.3 is 14.9 Å². The number of aliphatic hydroxyl groups excluding tert-OH is 1. The van der Waals surface area contributed by atoms with Gasteiger partial charge in [0.25, 0.3) is 0 Å². The fraction of sp³-hybridized carbons (Fsp3) is 0.562. The number of carbonyl (C=O) groups excluding carboxylic acids is 1. The summed E-state index contributed by atoms with van der Waals surface area (Å²) in [6.07, 6.45) is 6.36. The molecule has 0 amide bonds. The Bertz CT molecular complexity index is 471. The van der Waals surface area contributed by atoms with Crippen molar-refractivity contribution in [2.45, 2.75) is 45.8 Å². The minimum Gasteiger partial charge on any atom is -0.466 e. The van der Waals surface area contributed by atoms with Crippen LogP contribution < -0.4 is 0 Å². The maximum Gasteiger partial charge on any atom is 0.330 e. The molecule has 4 nitrogen and oxygen atoms in total. The van der Waals surface area contributed by atoms with Crippen molar-refractivity contribution in [3.05, 3.63) is 35.5 Å². The van der Waals surface area contributed by atoms with Gasteiger partial charge in [0, 0.05) is 11.5 Å². The van der Waals surface area contributed by atoms with E-state index in [2.05, 4.69) is 4.74 Å². The van der Waals surface area contributed by atoms with Crippen molar-refractivity contribution in [3.8, 4) is 0 Å². The van der Waals surface area contributed by atoms with Gasteiger partial charge in [-0.05, 0) is 37.5 Å². The third-order valence-corrected chi connectivity index (χ3v) is 3.93. The van der Waals surface area contributed by atoms with E-state index < -0.39 is 23.1 Å². The van der Waals surface area contributed by atoms with Gasteiger partial charge in [-0.25, -0.2) is 4.79 Å². The Morgan fingerprint density at radius 3 is 2.60 bits per heavy atom. The van der Waals surface area contributed by atoms with E-state index in [1.165, 1.54) is 13.2 Å². The molecule has 0 aromatic heterocycles. The van der Waals surface area contributed by atoms with E-state index in [4.69, 9.17) is 0 Å². The van der Waals surface area contributed by atoms with Gasteiger partial charge in [-0.2, -0.15) is 0 Å². The number of hydrogen-bond donors (Lipinski definition) is 2. The second-order valence-electron chi connectivity index (χ2n) is 6.02. The van der Waals surface area contributed by atoms with Crippen molar-refractivity contribution >= 4 is 5.97 Å². The maximum atomic E-state index is 11.1. The van der Waals surface area contributed by atoms with E-state index in [9.17, 15) is 15.0 Å². The zero-order chi connectivity index (χ0) is 15.6. The highest BCUT2D eigenvalue weighted by Crippen LogP contribution is 2.45. The molecule has 0 saturated carbocycles. The first-order valence-corrected chi connectivity index (χ1v) is 6.67. The predicted octanol–water partition coefficient (Wildman–Crippen LogP) is 2.13. The largest absolute Gasteiger partial charge is 0.466 e. The second-order valence-corrected chi connectivity index (χ2v) is 6.02. The van der Waals surface area contributed by atoms with Crippen molar-refractivity contribution in [1.29, 1.82) is 0 Å². The second kappa shape index (κ2) is 5.94. The molecule has 2 atom stereocenters. The number of carbonyl (C=O) groups is 1. The van der Waals surface area contributed by atoms with Gasteiger partial charge >= 0.3 is 5.97 Å². The summed E-state index contributed by atoms with van der Waals surface area (Å²) in [5, 5.41) is 20.7. The summed E-state index contributed by atoms with van der Waals surface area (Å²) in [7, 11) is 1.32. The molecule has 0 aromatic carbocycles. The molecule has 4 heteroatoms. The Kier molecular flexibility index (Phi) is 4.95. The monoisotopic (exact) mass is 280 g/mol. The zero-order valence-electron chi connectivity index (χ0n) is 12.8. The van der Waals surface area contributed by atoms with Crippen molar-refractivity contribution < 1.29 is 19.7 Å². The van der Waals surface area contributed by atoms with Gasteiger partial charge in [0.2, 0.25) is 0 Å². The smallest absolute Gasteiger partial charge is 0.330 e. The molecule has 112 valence electrons.